The van der Waals surface area contributed by atoms with E-state index in [1.54, 1.807) is 12.1 Å². The molecule has 5 aromatic carbocycles. The number of amides is 2. The highest BCUT2D eigenvalue weighted by atomic mass is 32.2. The van der Waals surface area contributed by atoms with Crippen LogP contribution >= 0.6 is 0 Å². The van der Waals surface area contributed by atoms with Crippen molar-refractivity contribution < 1.29 is 44.2 Å². The predicted octanol–water partition coefficient (Wildman–Crippen LogP) is 6.61. The summed E-state index contributed by atoms with van der Waals surface area (Å²) < 4.78 is 99.6. The van der Waals surface area contributed by atoms with Gasteiger partial charge in [-0.15, -0.1) is 9.35 Å². The monoisotopic (exact) mass is 607 g/mol. The minimum absolute atomic E-state index is 0.180. The Morgan fingerprint density at radius 3 is 1.63 bits per heavy atom. The van der Waals surface area contributed by atoms with Crippen LogP contribution in [0.4, 0.5) is 22.0 Å². The van der Waals surface area contributed by atoms with Crippen molar-refractivity contribution in [3.8, 4) is 11.1 Å². The lowest BCUT2D eigenvalue weighted by Crippen LogP contribution is -2.42. The Balaban J connectivity index is 1.35. The summed E-state index contributed by atoms with van der Waals surface area (Å²) in [4.78, 5) is 24.5. The molecule has 2 aliphatic rings. The highest BCUT2D eigenvalue weighted by Gasteiger charge is 2.42. The third-order valence-corrected chi connectivity index (χ3v) is 8.84. The minimum atomic E-state index is -5.92. The molecule has 0 fully saturated rings. The number of hydroxylamine groups is 2. The third kappa shape index (κ3) is 3.69. The van der Waals surface area contributed by atoms with Crippen LogP contribution in [-0.4, -0.2) is 25.3 Å². The van der Waals surface area contributed by atoms with Gasteiger partial charge in [0.2, 0.25) is 5.82 Å². The number of hydrogen-bond donors (Lipinski definition) is 0. The summed E-state index contributed by atoms with van der Waals surface area (Å²) in [5, 5.41) is 0.422. The maximum Gasteiger partial charge on any atom is 0.324 e. The Kier molecular flexibility index (Phi) is 5.81. The van der Waals surface area contributed by atoms with Gasteiger partial charge in [-0.05, 0) is 45.3 Å². The number of fused-ring (bicyclic) bond motifs is 3. The standard InChI is InChI=1S/C31H14F5NO5S/c32-24-25(33)27(35)29(28(36)26(24)34)43(40,41)42-37-30(38)20-11-5-10-18-19(12-13-21(23(18)20)31(37)39)22-16-8-3-1-6-14(16)15-7-2-4-9-17(15)22/h1-13,22H. The van der Waals surface area contributed by atoms with E-state index in [0.717, 1.165) is 27.8 Å². The fraction of sp³-hybridized carbons (Fsp3) is 0.0323. The van der Waals surface area contributed by atoms with E-state index in [9.17, 15) is 40.0 Å². The van der Waals surface area contributed by atoms with E-state index >= 15 is 0 Å². The van der Waals surface area contributed by atoms with Gasteiger partial charge in [0.25, 0.3) is 11.8 Å². The minimum Gasteiger partial charge on any atom is -0.266 e. The van der Waals surface area contributed by atoms with Crippen LogP contribution in [-0.2, 0) is 14.4 Å². The van der Waals surface area contributed by atoms with E-state index in [2.05, 4.69) is 4.28 Å². The Morgan fingerprint density at radius 1 is 0.558 bits per heavy atom. The first-order valence-electron chi connectivity index (χ1n) is 12.6. The predicted molar refractivity (Wildman–Crippen MR) is 142 cm³/mol. The van der Waals surface area contributed by atoms with Crippen molar-refractivity contribution in [1.82, 2.24) is 5.06 Å². The molecule has 5 aromatic rings. The number of carbonyl (C=O) groups excluding carboxylic acids is 2. The van der Waals surface area contributed by atoms with Crippen LogP contribution in [0.5, 0.6) is 0 Å². The Hall–Kier alpha value is -4.94. The lowest BCUT2D eigenvalue weighted by molar-refractivity contribution is -0.0159. The van der Waals surface area contributed by atoms with Gasteiger partial charge < -0.3 is 0 Å². The maximum atomic E-state index is 14.3. The SMILES string of the molecule is O=C1c2cccc3c(C4c5ccccc5-c5ccccc54)ccc(c23)C(=O)N1OS(=O)(=O)c1c(F)c(F)c(F)c(F)c1F. The molecular formula is C31H14F5NO5S. The zero-order chi connectivity index (χ0) is 30.4. The van der Waals surface area contributed by atoms with E-state index in [4.69, 9.17) is 0 Å². The smallest absolute Gasteiger partial charge is 0.266 e. The van der Waals surface area contributed by atoms with Crippen LogP contribution in [0, 0.1) is 29.1 Å². The summed E-state index contributed by atoms with van der Waals surface area (Å²) in [6, 6.07) is 23.1. The Labute approximate surface area is 239 Å². The summed E-state index contributed by atoms with van der Waals surface area (Å²) in [6.07, 6.45) is 0. The van der Waals surface area contributed by atoms with Gasteiger partial charge in [-0.25, -0.2) is 22.0 Å². The summed E-state index contributed by atoms with van der Waals surface area (Å²) in [5.41, 5.74) is 4.43. The lowest BCUT2D eigenvalue weighted by atomic mass is 9.83. The molecule has 0 spiro atoms. The molecule has 0 radical (unpaired) electrons. The molecule has 7 rings (SSSR count). The third-order valence-electron chi connectivity index (χ3n) is 7.64. The van der Waals surface area contributed by atoms with Gasteiger partial charge in [0, 0.05) is 11.3 Å². The van der Waals surface area contributed by atoms with Crippen LogP contribution in [0.15, 0.2) is 83.8 Å². The number of imide groups is 1. The molecule has 6 nitrogen and oxygen atoms in total. The van der Waals surface area contributed by atoms with Crippen molar-refractivity contribution in [2.24, 2.45) is 0 Å². The molecule has 0 aromatic heterocycles. The van der Waals surface area contributed by atoms with E-state index in [-0.39, 0.29) is 27.5 Å². The summed E-state index contributed by atoms with van der Waals surface area (Å²) >= 11 is 0. The van der Waals surface area contributed by atoms with Crippen LogP contribution in [0.3, 0.4) is 0 Å². The van der Waals surface area contributed by atoms with E-state index in [0.29, 0.717) is 5.39 Å². The van der Waals surface area contributed by atoms with Gasteiger partial charge in [0.15, 0.2) is 28.2 Å². The average molecular weight is 608 g/mol. The van der Waals surface area contributed by atoms with Crippen LogP contribution in [0.2, 0.25) is 0 Å². The lowest BCUT2D eigenvalue weighted by Gasteiger charge is -2.27. The van der Waals surface area contributed by atoms with Gasteiger partial charge in [-0.2, -0.15) is 8.42 Å². The van der Waals surface area contributed by atoms with Crippen LogP contribution in [0.1, 0.15) is 43.3 Å². The highest BCUT2D eigenvalue weighted by molar-refractivity contribution is 7.86. The van der Waals surface area contributed by atoms with Gasteiger partial charge in [-0.1, -0.05) is 66.7 Å². The maximum absolute atomic E-state index is 14.3. The molecular weight excluding hydrogens is 593 g/mol. The molecule has 0 bridgehead atoms. The molecule has 43 heavy (non-hydrogen) atoms. The van der Waals surface area contributed by atoms with Gasteiger partial charge in [0.1, 0.15) is 0 Å². The molecule has 2 amide bonds. The molecule has 12 heteroatoms. The summed E-state index contributed by atoms with van der Waals surface area (Å²) in [6.45, 7) is 0. The topological polar surface area (TPSA) is 80.8 Å². The summed E-state index contributed by atoms with van der Waals surface area (Å²) in [5.74, 6) is -16.0. The Bertz CT molecular complexity index is 2100. The number of carbonyl (C=O) groups is 2. The van der Waals surface area contributed by atoms with Gasteiger partial charge >= 0.3 is 10.1 Å². The zero-order valence-corrected chi connectivity index (χ0v) is 22.2. The molecule has 1 heterocycles. The van der Waals surface area contributed by atoms with Crippen LogP contribution < -0.4 is 0 Å². The number of rotatable bonds is 4. The highest BCUT2D eigenvalue weighted by Crippen LogP contribution is 2.50. The molecule has 0 saturated carbocycles. The molecule has 0 atom stereocenters. The molecule has 0 N–H and O–H groups in total. The van der Waals surface area contributed by atoms with Crippen molar-refractivity contribution in [3.63, 3.8) is 0 Å². The van der Waals surface area contributed by atoms with Gasteiger partial charge in [-0.3, -0.25) is 9.59 Å². The second kappa shape index (κ2) is 9.28. The molecule has 0 saturated heterocycles. The quantitative estimate of drug-likeness (QED) is 0.0975. The first-order valence-corrected chi connectivity index (χ1v) is 14.0. The fourth-order valence-corrected chi connectivity index (χ4v) is 6.87. The van der Waals surface area contributed by atoms with Crippen molar-refractivity contribution in [2.75, 3.05) is 0 Å². The molecule has 0 unspecified atom stereocenters. The van der Waals surface area contributed by atoms with Crippen LogP contribution in [0.25, 0.3) is 21.9 Å². The normalized spacial score (nSPS) is 14.4. The molecule has 1 aliphatic carbocycles. The van der Waals surface area contributed by atoms with E-state index in [1.165, 1.54) is 18.2 Å². The number of nitrogens with zero attached hydrogens (tertiary/aromatic N) is 1. The number of halogens is 5. The number of hydrogen-bond acceptors (Lipinski definition) is 5. The Morgan fingerprint density at radius 2 is 1.05 bits per heavy atom. The zero-order valence-electron chi connectivity index (χ0n) is 21.4. The van der Waals surface area contributed by atoms with E-state index in [1.807, 2.05) is 48.5 Å². The van der Waals surface area contributed by atoms with E-state index < -0.39 is 55.9 Å². The second-order valence-electron chi connectivity index (χ2n) is 9.87. The fourth-order valence-electron chi connectivity index (χ4n) is 5.85. The second-order valence-corrected chi connectivity index (χ2v) is 11.3. The largest absolute Gasteiger partial charge is 0.324 e. The number of benzene rings is 5. The van der Waals surface area contributed by atoms with Gasteiger partial charge in [0.05, 0.1) is 11.1 Å². The van der Waals surface area contributed by atoms with Crippen molar-refractivity contribution in [3.05, 3.63) is 136 Å². The first-order chi connectivity index (χ1) is 20.5. The average Bonchev–Trinajstić information content (AvgIpc) is 3.34. The van der Waals surface area contributed by atoms with Crippen molar-refractivity contribution in [2.45, 2.75) is 10.8 Å². The van der Waals surface area contributed by atoms with Crippen molar-refractivity contribution in [1.29, 1.82) is 0 Å². The first kappa shape index (κ1) is 26.9. The molecule has 1 aliphatic heterocycles. The molecule has 214 valence electrons. The van der Waals surface area contributed by atoms with Crippen molar-refractivity contribution >= 4 is 32.7 Å². The summed E-state index contributed by atoms with van der Waals surface area (Å²) in [7, 11) is -5.92.